The zero-order valence-electron chi connectivity index (χ0n) is 16.2. The third-order valence-corrected chi connectivity index (χ3v) is 6.45. The van der Waals surface area contributed by atoms with E-state index in [0.29, 0.717) is 36.0 Å². The zero-order valence-corrected chi connectivity index (χ0v) is 16.2. The number of ketones is 2. The lowest BCUT2D eigenvalue weighted by Crippen LogP contribution is -2.48. The van der Waals surface area contributed by atoms with Gasteiger partial charge in [-0.3, -0.25) is 9.59 Å². The molecule has 0 saturated heterocycles. The summed E-state index contributed by atoms with van der Waals surface area (Å²) in [4.78, 5) is 25.9. The van der Waals surface area contributed by atoms with E-state index in [1.165, 1.54) is 7.11 Å². The number of hydrogen-bond donors (Lipinski definition) is 2. The van der Waals surface area contributed by atoms with E-state index in [1.54, 1.807) is 13.8 Å². The largest absolute Gasteiger partial charge is 0.507 e. The summed E-state index contributed by atoms with van der Waals surface area (Å²) in [6.45, 7) is 7.29. The Hall–Kier alpha value is -2.50. The smallest absolute Gasteiger partial charge is 0.231 e. The SMILES string of the molecule is COC1=C2C(C)(C)C(=O)CC[C@]2(C)c2c(O)c3c(c(O)c2C1=O)CC(C)O3. The molecule has 0 amide bonds. The fourth-order valence-corrected chi connectivity index (χ4v) is 5.19. The van der Waals surface area contributed by atoms with Crippen LogP contribution in [0.4, 0.5) is 0 Å². The van der Waals surface area contributed by atoms with E-state index in [2.05, 4.69) is 0 Å². The molecule has 1 fully saturated rings. The van der Waals surface area contributed by atoms with Crippen molar-refractivity contribution >= 4 is 11.6 Å². The number of phenolic OH excluding ortho intramolecular Hbond substituents is 2. The van der Waals surface area contributed by atoms with Crippen LogP contribution in [0.25, 0.3) is 0 Å². The fourth-order valence-electron chi connectivity index (χ4n) is 5.19. The predicted octanol–water partition coefficient (Wildman–Crippen LogP) is 3.16. The summed E-state index contributed by atoms with van der Waals surface area (Å²) >= 11 is 0. The molecule has 27 heavy (non-hydrogen) atoms. The first kappa shape index (κ1) is 17.9. The minimum absolute atomic E-state index is 0.0236. The van der Waals surface area contributed by atoms with E-state index in [-0.39, 0.29) is 40.5 Å². The standard InChI is InChI=1S/C21H24O6/c1-9-8-10-14(23)12-13(16(25)17(10)27-9)21(4)7-6-11(22)20(2,3)19(21)18(26-5)15(12)24/h9,23,25H,6-8H2,1-5H3/t9?,21-/m1/s1. The predicted molar refractivity (Wildman–Crippen MR) is 97.3 cm³/mol. The van der Waals surface area contributed by atoms with Gasteiger partial charge in [-0.2, -0.15) is 0 Å². The summed E-state index contributed by atoms with van der Waals surface area (Å²) in [5, 5.41) is 22.0. The van der Waals surface area contributed by atoms with Crippen molar-refractivity contribution in [1.29, 1.82) is 0 Å². The number of ether oxygens (including phenoxy) is 2. The molecule has 0 aromatic heterocycles. The van der Waals surface area contributed by atoms with Gasteiger partial charge in [-0.05, 0) is 32.8 Å². The van der Waals surface area contributed by atoms with E-state index < -0.39 is 16.6 Å². The van der Waals surface area contributed by atoms with Gasteiger partial charge in [-0.15, -0.1) is 0 Å². The Morgan fingerprint density at radius 2 is 1.81 bits per heavy atom. The molecule has 0 radical (unpaired) electrons. The molecule has 144 valence electrons. The van der Waals surface area contributed by atoms with Gasteiger partial charge in [0.2, 0.25) is 5.78 Å². The number of phenols is 2. The van der Waals surface area contributed by atoms with Gasteiger partial charge in [0.1, 0.15) is 17.6 Å². The van der Waals surface area contributed by atoms with Gasteiger partial charge in [0.25, 0.3) is 0 Å². The van der Waals surface area contributed by atoms with E-state index in [4.69, 9.17) is 9.47 Å². The minimum atomic E-state index is -0.916. The van der Waals surface area contributed by atoms with E-state index >= 15 is 0 Å². The first-order valence-electron chi connectivity index (χ1n) is 9.20. The van der Waals surface area contributed by atoms with Crippen LogP contribution < -0.4 is 4.74 Å². The van der Waals surface area contributed by atoms with Crippen LogP contribution in [0.3, 0.4) is 0 Å². The number of aromatic hydroxyl groups is 2. The van der Waals surface area contributed by atoms with Crippen LogP contribution in [0.1, 0.15) is 62.0 Å². The number of Topliss-reactive ketones (excluding diaryl/α,β-unsaturated/α-hetero) is 2. The number of benzene rings is 1. The summed E-state index contributed by atoms with van der Waals surface area (Å²) in [7, 11) is 1.40. The van der Waals surface area contributed by atoms with E-state index in [1.807, 2.05) is 13.8 Å². The molecule has 6 nitrogen and oxygen atoms in total. The minimum Gasteiger partial charge on any atom is -0.507 e. The van der Waals surface area contributed by atoms with Crippen molar-refractivity contribution in [1.82, 2.24) is 0 Å². The van der Waals surface area contributed by atoms with E-state index in [9.17, 15) is 19.8 Å². The second-order valence-electron chi connectivity index (χ2n) is 8.51. The van der Waals surface area contributed by atoms with Crippen molar-refractivity contribution in [2.75, 3.05) is 7.11 Å². The summed E-state index contributed by atoms with van der Waals surface area (Å²) in [6, 6.07) is 0. The highest BCUT2D eigenvalue weighted by Gasteiger charge is 2.56. The van der Waals surface area contributed by atoms with Crippen LogP contribution in [0.2, 0.25) is 0 Å². The van der Waals surface area contributed by atoms with Crippen LogP contribution in [0.15, 0.2) is 11.3 Å². The third-order valence-electron chi connectivity index (χ3n) is 6.45. The van der Waals surface area contributed by atoms with Gasteiger partial charge in [0.05, 0.1) is 12.7 Å². The normalized spacial score (nSPS) is 28.4. The maximum atomic E-state index is 13.3. The lowest BCUT2D eigenvalue weighted by Gasteiger charge is -2.48. The van der Waals surface area contributed by atoms with Crippen LogP contribution in [0, 0.1) is 5.41 Å². The van der Waals surface area contributed by atoms with Gasteiger partial charge in [0, 0.05) is 34.8 Å². The number of carbonyl (C=O) groups excluding carboxylic acids is 2. The molecule has 6 heteroatoms. The Kier molecular flexibility index (Phi) is 3.49. The molecule has 2 atom stereocenters. The second-order valence-corrected chi connectivity index (χ2v) is 8.51. The molecular formula is C21H24O6. The van der Waals surface area contributed by atoms with Gasteiger partial charge >= 0.3 is 0 Å². The maximum Gasteiger partial charge on any atom is 0.231 e. The molecule has 3 aliphatic rings. The Bertz CT molecular complexity index is 939. The number of methoxy groups -OCH3 is 1. The first-order valence-corrected chi connectivity index (χ1v) is 9.20. The van der Waals surface area contributed by atoms with Gasteiger partial charge < -0.3 is 19.7 Å². The summed E-state index contributed by atoms with van der Waals surface area (Å²) in [6.07, 6.45) is 0.933. The summed E-state index contributed by atoms with van der Waals surface area (Å²) in [5.41, 5.74) is -0.322. The third kappa shape index (κ3) is 2.01. The number of rotatable bonds is 1. The molecule has 1 aliphatic heterocycles. The van der Waals surface area contributed by atoms with Gasteiger partial charge in [0.15, 0.2) is 17.3 Å². The quantitative estimate of drug-likeness (QED) is 0.736. The Balaban J connectivity index is 2.12. The number of carbonyl (C=O) groups is 2. The van der Waals surface area contributed by atoms with Crippen molar-refractivity contribution in [3.63, 3.8) is 0 Å². The van der Waals surface area contributed by atoms with Gasteiger partial charge in [-0.25, -0.2) is 0 Å². The molecule has 2 N–H and O–H groups in total. The highest BCUT2D eigenvalue weighted by Crippen LogP contribution is 2.61. The molecule has 1 unspecified atom stereocenters. The maximum absolute atomic E-state index is 13.3. The lowest BCUT2D eigenvalue weighted by atomic mass is 9.54. The van der Waals surface area contributed by atoms with Gasteiger partial charge in [-0.1, -0.05) is 6.92 Å². The Morgan fingerprint density at radius 3 is 2.44 bits per heavy atom. The second kappa shape index (κ2) is 5.27. The van der Waals surface area contributed by atoms with Crippen molar-refractivity contribution in [3.8, 4) is 17.2 Å². The lowest BCUT2D eigenvalue weighted by molar-refractivity contribution is -0.127. The van der Waals surface area contributed by atoms with Crippen molar-refractivity contribution in [2.45, 2.75) is 58.5 Å². The topological polar surface area (TPSA) is 93.1 Å². The van der Waals surface area contributed by atoms with Crippen LogP contribution in [-0.4, -0.2) is 35.0 Å². The molecule has 1 saturated carbocycles. The van der Waals surface area contributed by atoms with Crippen molar-refractivity contribution < 1.29 is 29.3 Å². The Labute approximate surface area is 157 Å². The molecule has 1 aromatic rings. The average molecular weight is 372 g/mol. The monoisotopic (exact) mass is 372 g/mol. The zero-order chi connectivity index (χ0) is 19.9. The summed E-state index contributed by atoms with van der Waals surface area (Å²) in [5.74, 6) is -0.423. The number of hydrogen-bond acceptors (Lipinski definition) is 6. The molecule has 1 aromatic carbocycles. The average Bonchev–Trinajstić information content (AvgIpc) is 3.00. The van der Waals surface area contributed by atoms with Crippen LogP contribution in [-0.2, 0) is 21.4 Å². The van der Waals surface area contributed by atoms with Crippen LogP contribution >= 0.6 is 0 Å². The molecule has 2 aliphatic carbocycles. The molecule has 1 heterocycles. The molecule has 0 bridgehead atoms. The van der Waals surface area contributed by atoms with Crippen LogP contribution in [0.5, 0.6) is 17.2 Å². The molecule has 0 spiro atoms. The Morgan fingerprint density at radius 1 is 1.15 bits per heavy atom. The van der Waals surface area contributed by atoms with Crippen molar-refractivity contribution in [2.24, 2.45) is 5.41 Å². The van der Waals surface area contributed by atoms with E-state index in [0.717, 1.165) is 0 Å². The molecule has 4 rings (SSSR count). The first-order chi connectivity index (χ1) is 12.6. The summed E-state index contributed by atoms with van der Waals surface area (Å²) < 4.78 is 11.2. The molecular weight excluding hydrogens is 348 g/mol. The fraction of sp³-hybridized carbons (Fsp3) is 0.524. The number of allylic oxidation sites excluding steroid dienone is 2. The highest BCUT2D eigenvalue weighted by molar-refractivity contribution is 6.15. The number of fused-ring (bicyclic) bond motifs is 4. The highest BCUT2D eigenvalue weighted by atomic mass is 16.5. The van der Waals surface area contributed by atoms with Crippen molar-refractivity contribution in [3.05, 3.63) is 28.0 Å².